The smallest absolute Gasteiger partial charge is 0.277 e. The maximum atomic E-state index is 12.5. The number of nitrogens with one attached hydrogen (secondary N) is 1. The number of hydrogen-bond donors (Lipinski definition) is 1. The Hall–Kier alpha value is -3.38. The molecule has 1 heterocycles. The number of nitrogens with zero attached hydrogens (tertiary/aromatic N) is 3. The zero-order valence-corrected chi connectivity index (χ0v) is 17.7. The van der Waals surface area contributed by atoms with Crippen LogP contribution in [0.5, 0.6) is 0 Å². The van der Waals surface area contributed by atoms with Crippen molar-refractivity contribution in [1.82, 2.24) is 15.0 Å². The molecule has 30 heavy (non-hydrogen) atoms. The van der Waals surface area contributed by atoms with Gasteiger partial charge in [-0.2, -0.15) is 0 Å². The van der Waals surface area contributed by atoms with E-state index in [0.29, 0.717) is 12.2 Å². The Morgan fingerprint density at radius 2 is 1.77 bits per heavy atom. The highest BCUT2D eigenvalue weighted by Gasteiger charge is 2.11. The normalized spacial score (nSPS) is 10.7. The molecule has 150 valence electrons. The maximum Gasteiger partial charge on any atom is 0.277 e. The molecule has 0 spiro atoms. The van der Waals surface area contributed by atoms with Crippen molar-refractivity contribution in [3.8, 4) is 0 Å². The lowest BCUT2D eigenvalue weighted by molar-refractivity contribution is 0.102. The Labute approximate surface area is 180 Å². The van der Waals surface area contributed by atoms with E-state index in [-0.39, 0.29) is 5.91 Å². The number of anilines is 1. The first kappa shape index (κ1) is 19.9. The van der Waals surface area contributed by atoms with E-state index < -0.39 is 0 Å². The fourth-order valence-corrected chi connectivity index (χ4v) is 4.00. The zero-order chi connectivity index (χ0) is 20.9. The van der Waals surface area contributed by atoms with Crippen molar-refractivity contribution in [3.05, 3.63) is 101 Å². The highest BCUT2D eigenvalue weighted by molar-refractivity contribution is 7.99. The Balaban J connectivity index is 1.38. The molecule has 0 unspecified atom stereocenters. The van der Waals surface area contributed by atoms with Gasteiger partial charge in [0, 0.05) is 15.5 Å². The van der Waals surface area contributed by atoms with Crippen molar-refractivity contribution in [2.75, 3.05) is 5.32 Å². The fourth-order valence-electron chi connectivity index (χ4n) is 3.00. The number of benzene rings is 3. The molecule has 0 aliphatic rings. The van der Waals surface area contributed by atoms with Crippen LogP contribution in [-0.2, 0) is 6.54 Å². The van der Waals surface area contributed by atoms with Crippen molar-refractivity contribution >= 4 is 23.4 Å². The van der Waals surface area contributed by atoms with Crippen LogP contribution in [0.15, 0.2) is 88.8 Å². The average molecular weight is 415 g/mol. The molecule has 4 aromatic rings. The third kappa shape index (κ3) is 4.96. The number of carbonyl (C=O) groups excluding carboxylic acids is 1. The second-order valence-corrected chi connectivity index (χ2v) is 8.25. The number of hydrogen-bond acceptors (Lipinski definition) is 4. The Bertz CT molecular complexity index is 1150. The minimum atomic E-state index is -0.274. The van der Waals surface area contributed by atoms with E-state index in [0.717, 1.165) is 16.1 Å². The van der Waals surface area contributed by atoms with Gasteiger partial charge in [0.25, 0.3) is 5.91 Å². The first-order chi connectivity index (χ1) is 14.6. The monoisotopic (exact) mass is 414 g/mol. The van der Waals surface area contributed by atoms with Gasteiger partial charge in [-0.3, -0.25) is 4.79 Å². The van der Waals surface area contributed by atoms with Crippen molar-refractivity contribution in [2.24, 2.45) is 0 Å². The lowest BCUT2D eigenvalue weighted by Crippen LogP contribution is -2.12. The van der Waals surface area contributed by atoms with Crippen LogP contribution >= 0.6 is 11.8 Å². The molecule has 0 aliphatic carbocycles. The highest BCUT2D eigenvalue weighted by atomic mass is 32.2. The lowest BCUT2D eigenvalue weighted by atomic mass is 10.2. The van der Waals surface area contributed by atoms with Gasteiger partial charge in [-0.05, 0) is 60.9 Å². The molecule has 6 heteroatoms. The molecule has 5 nitrogen and oxygen atoms in total. The van der Waals surface area contributed by atoms with Gasteiger partial charge in [0.1, 0.15) is 0 Å². The van der Waals surface area contributed by atoms with Gasteiger partial charge in [0.05, 0.1) is 12.7 Å². The zero-order valence-electron chi connectivity index (χ0n) is 16.9. The number of rotatable bonds is 6. The molecular weight excluding hydrogens is 392 g/mol. The van der Waals surface area contributed by atoms with Crippen LogP contribution in [0.3, 0.4) is 0 Å². The fraction of sp³-hybridized carbons (Fsp3) is 0.125. The van der Waals surface area contributed by atoms with Gasteiger partial charge < -0.3 is 5.32 Å². The van der Waals surface area contributed by atoms with E-state index in [1.165, 1.54) is 16.0 Å². The van der Waals surface area contributed by atoms with Gasteiger partial charge in [0.15, 0.2) is 5.69 Å². The number of carbonyl (C=O) groups is 1. The van der Waals surface area contributed by atoms with Crippen molar-refractivity contribution in [2.45, 2.75) is 30.2 Å². The second-order valence-electron chi connectivity index (χ2n) is 7.14. The van der Waals surface area contributed by atoms with Crippen LogP contribution < -0.4 is 5.32 Å². The highest BCUT2D eigenvalue weighted by Crippen LogP contribution is 2.31. The van der Waals surface area contributed by atoms with Gasteiger partial charge in [-0.1, -0.05) is 59.4 Å². The predicted octanol–water partition coefficient (Wildman–Crippen LogP) is 5.35. The molecule has 0 fully saturated rings. The summed E-state index contributed by atoms with van der Waals surface area (Å²) in [5.41, 5.74) is 4.61. The summed E-state index contributed by atoms with van der Waals surface area (Å²) in [5, 5.41) is 10.9. The number of aryl methyl sites for hydroxylation is 2. The van der Waals surface area contributed by atoms with E-state index in [1.54, 1.807) is 22.6 Å². The lowest BCUT2D eigenvalue weighted by Gasteiger charge is -2.08. The summed E-state index contributed by atoms with van der Waals surface area (Å²) < 4.78 is 1.66. The Kier molecular flexibility index (Phi) is 5.95. The minimum absolute atomic E-state index is 0.274. The molecule has 1 amide bonds. The molecule has 3 aromatic carbocycles. The standard InChI is InChI=1S/C24H22N4OS/c1-17-8-9-18(2)23(14-17)30-21-12-10-20(11-13-21)25-24(29)22-16-28(27-26-22)15-19-6-4-3-5-7-19/h3-14,16H,15H2,1-2H3,(H,25,29). The number of amides is 1. The van der Waals surface area contributed by atoms with Crippen LogP contribution in [0.1, 0.15) is 27.2 Å². The van der Waals surface area contributed by atoms with Crippen LogP contribution in [0.25, 0.3) is 0 Å². The molecule has 0 aliphatic heterocycles. The summed E-state index contributed by atoms with van der Waals surface area (Å²) >= 11 is 1.72. The van der Waals surface area contributed by atoms with E-state index >= 15 is 0 Å². The van der Waals surface area contributed by atoms with Gasteiger partial charge in [-0.15, -0.1) is 5.10 Å². The molecule has 0 atom stereocenters. The van der Waals surface area contributed by atoms with Gasteiger partial charge in [0.2, 0.25) is 0 Å². The summed E-state index contributed by atoms with van der Waals surface area (Å²) in [6.45, 7) is 4.78. The molecule has 4 rings (SSSR count). The summed E-state index contributed by atoms with van der Waals surface area (Å²) in [6, 6.07) is 24.2. The van der Waals surface area contributed by atoms with Crippen LogP contribution in [-0.4, -0.2) is 20.9 Å². The van der Waals surface area contributed by atoms with E-state index in [2.05, 4.69) is 47.7 Å². The van der Waals surface area contributed by atoms with E-state index in [9.17, 15) is 4.79 Å². The molecule has 1 N–H and O–H groups in total. The molecule has 0 saturated carbocycles. The van der Waals surface area contributed by atoms with Crippen molar-refractivity contribution < 1.29 is 4.79 Å². The van der Waals surface area contributed by atoms with Crippen LogP contribution in [0, 0.1) is 13.8 Å². The maximum absolute atomic E-state index is 12.5. The first-order valence-corrected chi connectivity index (χ1v) is 10.5. The molecule has 0 bridgehead atoms. The molecule has 1 aromatic heterocycles. The summed E-state index contributed by atoms with van der Waals surface area (Å²) in [5.74, 6) is -0.274. The number of aromatic nitrogens is 3. The Morgan fingerprint density at radius 1 is 1.00 bits per heavy atom. The second kappa shape index (κ2) is 8.97. The molecular formula is C24H22N4OS. The van der Waals surface area contributed by atoms with Crippen LogP contribution in [0.4, 0.5) is 5.69 Å². The largest absolute Gasteiger partial charge is 0.321 e. The van der Waals surface area contributed by atoms with Crippen molar-refractivity contribution in [1.29, 1.82) is 0 Å². The molecule has 0 saturated heterocycles. The topological polar surface area (TPSA) is 59.8 Å². The minimum Gasteiger partial charge on any atom is -0.321 e. The summed E-state index contributed by atoms with van der Waals surface area (Å²) in [6.07, 6.45) is 1.66. The van der Waals surface area contributed by atoms with Gasteiger partial charge >= 0.3 is 0 Å². The quantitative estimate of drug-likeness (QED) is 0.462. The Morgan fingerprint density at radius 3 is 2.53 bits per heavy atom. The molecule has 0 radical (unpaired) electrons. The average Bonchev–Trinajstić information content (AvgIpc) is 3.21. The first-order valence-electron chi connectivity index (χ1n) is 9.67. The summed E-state index contributed by atoms with van der Waals surface area (Å²) in [7, 11) is 0. The van der Waals surface area contributed by atoms with E-state index in [4.69, 9.17) is 0 Å². The van der Waals surface area contributed by atoms with Crippen molar-refractivity contribution in [3.63, 3.8) is 0 Å². The predicted molar refractivity (Wildman–Crippen MR) is 120 cm³/mol. The van der Waals surface area contributed by atoms with Crippen LogP contribution in [0.2, 0.25) is 0 Å². The van der Waals surface area contributed by atoms with Gasteiger partial charge in [-0.25, -0.2) is 4.68 Å². The summed E-state index contributed by atoms with van der Waals surface area (Å²) in [4.78, 5) is 14.9. The third-order valence-corrected chi connectivity index (χ3v) is 5.81. The third-order valence-electron chi connectivity index (χ3n) is 4.64. The van der Waals surface area contributed by atoms with E-state index in [1.807, 2.05) is 54.6 Å². The SMILES string of the molecule is Cc1ccc(C)c(Sc2ccc(NC(=O)c3cn(Cc4ccccc4)nn3)cc2)c1.